The zero-order chi connectivity index (χ0) is 6.41. The van der Waals surface area contributed by atoms with Crippen molar-refractivity contribution in [2.45, 2.75) is 13.3 Å². The summed E-state index contributed by atoms with van der Waals surface area (Å²) in [6.45, 7) is 7.52. The van der Waals surface area contributed by atoms with E-state index in [0.29, 0.717) is 0 Å². The largest absolute Gasteiger partial charge is 0.378 e. The van der Waals surface area contributed by atoms with Gasteiger partial charge < -0.3 is 4.74 Å². The van der Waals surface area contributed by atoms with Crippen LogP contribution < -0.4 is 0 Å². The minimum atomic E-state index is 0.778. The van der Waals surface area contributed by atoms with Crippen LogP contribution >= 0.6 is 0 Å². The first-order valence-corrected chi connectivity index (χ1v) is 3.99. The highest BCUT2D eigenvalue weighted by molar-refractivity contribution is 6.21. The van der Waals surface area contributed by atoms with Gasteiger partial charge >= 0.3 is 0 Å². The van der Waals surface area contributed by atoms with Crippen LogP contribution in [0.2, 0.25) is 0 Å². The molecular weight excluding hydrogens is 116 g/mol. The Bertz CT molecular complexity index is 70.9. The van der Waals surface area contributed by atoms with Gasteiger partial charge in [0.15, 0.2) is 0 Å². The highest BCUT2D eigenvalue weighted by atomic mass is 28.1. The van der Waals surface area contributed by atoms with Gasteiger partial charge in [0.05, 0.1) is 6.61 Å². The molecule has 0 aromatic heterocycles. The molecule has 0 saturated carbocycles. The van der Waals surface area contributed by atoms with E-state index in [1.165, 1.54) is 5.20 Å². The fourth-order valence-corrected chi connectivity index (χ4v) is 0.595. The minimum absolute atomic E-state index is 0.778. The fraction of sp³-hybridized carbons (Fsp3) is 0.667. The van der Waals surface area contributed by atoms with Gasteiger partial charge in [0.1, 0.15) is 0 Å². The Balaban J connectivity index is 2.82. The highest BCUT2D eigenvalue weighted by Gasteiger charge is 1.82. The van der Waals surface area contributed by atoms with Crippen LogP contribution in [0, 0.1) is 0 Å². The van der Waals surface area contributed by atoms with E-state index < -0.39 is 0 Å². The Hall–Kier alpha value is -0.0831. The highest BCUT2D eigenvalue weighted by Crippen LogP contribution is 1.84. The molecule has 0 radical (unpaired) electrons. The molecule has 0 fully saturated rings. The number of hydrogen-bond donors (Lipinski definition) is 0. The van der Waals surface area contributed by atoms with Gasteiger partial charge in [-0.2, -0.15) is 0 Å². The summed E-state index contributed by atoms with van der Waals surface area (Å²) in [5.41, 5.74) is 0. The molecule has 0 bridgehead atoms. The summed E-state index contributed by atoms with van der Waals surface area (Å²) >= 11 is 0. The summed E-state index contributed by atoms with van der Waals surface area (Å²) in [5, 5.41) is 1.23. The topological polar surface area (TPSA) is 9.23 Å². The lowest BCUT2D eigenvalue weighted by atomic mass is 10.5. The van der Waals surface area contributed by atoms with Crippen LogP contribution in [0.5, 0.6) is 0 Å². The Morgan fingerprint density at radius 3 is 2.75 bits per heavy atom. The second-order valence-electron chi connectivity index (χ2n) is 2.01. The van der Waals surface area contributed by atoms with Gasteiger partial charge in [0, 0.05) is 16.8 Å². The summed E-state index contributed by atoms with van der Waals surface area (Å²) in [7, 11) is 1.07. The molecule has 0 aliphatic heterocycles. The number of rotatable bonds is 4. The van der Waals surface area contributed by atoms with Gasteiger partial charge in [-0.25, -0.2) is 0 Å². The molecular formula is C6H14OSi. The molecule has 0 aromatic carbocycles. The van der Waals surface area contributed by atoms with E-state index in [0.717, 1.165) is 29.9 Å². The van der Waals surface area contributed by atoms with Crippen LogP contribution in [0.25, 0.3) is 0 Å². The molecule has 48 valence electrons. The van der Waals surface area contributed by atoms with Crippen molar-refractivity contribution in [1.82, 2.24) is 0 Å². The summed E-state index contributed by atoms with van der Waals surface area (Å²) in [5.74, 6) is 0. The van der Waals surface area contributed by atoms with E-state index in [9.17, 15) is 0 Å². The Kier molecular flexibility index (Phi) is 5.01. The summed E-state index contributed by atoms with van der Waals surface area (Å²) in [6.07, 6.45) is 1.11. The predicted octanol–water partition coefficient (Wildman–Crippen LogP) is 0.292. The third kappa shape index (κ3) is 5.92. The smallest absolute Gasteiger partial charge is 0.0629 e. The molecule has 2 heteroatoms. The Morgan fingerprint density at radius 1 is 1.75 bits per heavy atom. The molecule has 0 saturated heterocycles. The molecule has 0 atom stereocenters. The molecule has 0 aromatic rings. The first-order valence-electron chi connectivity index (χ1n) is 2.99. The lowest BCUT2D eigenvalue weighted by Gasteiger charge is -1.98. The summed E-state index contributed by atoms with van der Waals surface area (Å²) < 4.78 is 5.18. The van der Waals surface area contributed by atoms with Crippen molar-refractivity contribution in [1.29, 1.82) is 0 Å². The van der Waals surface area contributed by atoms with Gasteiger partial charge in [-0.05, 0) is 6.42 Å². The van der Waals surface area contributed by atoms with Crippen molar-refractivity contribution in [2.75, 3.05) is 13.2 Å². The SMILES string of the molecule is C=C([SiH3])COCCC. The first kappa shape index (κ1) is 7.92. The maximum absolute atomic E-state index is 5.18. The average molecular weight is 130 g/mol. The number of ether oxygens (including phenoxy) is 1. The molecule has 0 spiro atoms. The van der Waals surface area contributed by atoms with Crippen LogP contribution in [0.3, 0.4) is 0 Å². The second-order valence-corrected chi connectivity index (χ2v) is 3.42. The lowest BCUT2D eigenvalue weighted by Crippen LogP contribution is -1.97. The molecule has 0 N–H and O–H groups in total. The minimum Gasteiger partial charge on any atom is -0.378 e. The van der Waals surface area contributed by atoms with Crippen molar-refractivity contribution in [2.24, 2.45) is 0 Å². The predicted molar refractivity (Wildman–Crippen MR) is 40.2 cm³/mol. The van der Waals surface area contributed by atoms with Gasteiger partial charge in [0.25, 0.3) is 0 Å². The molecule has 0 heterocycles. The maximum Gasteiger partial charge on any atom is 0.0629 e. The molecule has 0 unspecified atom stereocenters. The van der Waals surface area contributed by atoms with Gasteiger partial charge in [-0.15, -0.1) is 6.58 Å². The van der Waals surface area contributed by atoms with E-state index in [-0.39, 0.29) is 0 Å². The standard InChI is InChI=1S/C6H14OSi/c1-3-4-7-5-6(2)8/h2-5H2,1,8H3. The summed E-state index contributed by atoms with van der Waals surface area (Å²) in [4.78, 5) is 0. The van der Waals surface area contributed by atoms with Crippen molar-refractivity contribution in [3.05, 3.63) is 11.8 Å². The quantitative estimate of drug-likeness (QED) is 0.393. The van der Waals surface area contributed by atoms with E-state index in [1.54, 1.807) is 0 Å². The Labute approximate surface area is 54.2 Å². The second kappa shape index (κ2) is 5.06. The molecule has 1 nitrogen and oxygen atoms in total. The van der Waals surface area contributed by atoms with Crippen LogP contribution in [-0.2, 0) is 4.74 Å². The van der Waals surface area contributed by atoms with E-state index >= 15 is 0 Å². The van der Waals surface area contributed by atoms with Crippen LogP contribution in [-0.4, -0.2) is 23.5 Å². The van der Waals surface area contributed by atoms with E-state index in [1.807, 2.05) is 0 Å². The van der Waals surface area contributed by atoms with Crippen molar-refractivity contribution in [3.63, 3.8) is 0 Å². The third-order valence-electron chi connectivity index (χ3n) is 0.697. The molecule has 0 rings (SSSR count). The van der Waals surface area contributed by atoms with Crippen LogP contribution in [0.1, 0.15) is 13.3 Å². The Morgan fingerprint density at radius 2 is 2.38 bits per heavy atom. The third-order valence-corrected chi connectivity index (χ3v) is 0.986. The van der Waals surface area contributed by atoms with Crippen LogP contribution in [0.4, 0.5) is 0 Å². The van der Waals surface area contributed by atoms with Gasteiger partial charge in [-0.3, -0.25) is 0 Å². The average Bonchev–Trinajstić information content (AvgIpc) is 1.66. The van der Waals surface area contributed by atoms with E-state index in [4.69, 9.17) is 4.74 Å². The van der Waals surface area contributed by atoms with Crippen molar-refractivity contribution >= 4 is 10.2 Å². The van der Waals surface area contributed by atoms with Crippen LogP contribution in [0.15, 0.2) is 11.8 Å². The molecule has 0 aliphatic carbocycles. The summed E-state index contributed by atoms with van der Waals surface area (Å²) in [6, 6.07) is 0. The zero-order valence-electron chi connectivity index (χ0n) is 5.74. The van der Waals surface area contributed by atoms with E-state index in [2.05, 4.69) is 13.5 Å². The fourth-order valence-electron chi connectivity index (χ4n) is 0.391. The van der Waals surface area contributed by atoms with Crippen molar-refractivity contribution < 1.29 is 4.74 Å². The van der Waals surface area contributed by atoms with Gasteiger partial charge in [-0.1, -0.05) is 12.1 Å². The monoisotopic (exact) mass is 130 g/mol. The molecule has 0 aliphatic rings. The van der Waals surface area contributed by atoms with Crippen molar-refractivity contribution in [3.8, 4) is 0 Å². The number of hydrogen-bond acceptors (Lipinski definition) is 1. The molecule has 0 amide bonds. The lowest BCUT2D eigenvalue weighted by molar-refractivity contribution is 0.161. The zero-order valence-corrected chi connectivity index (χ0v) is 7.74. The molecule has 8 heavy (non-hydrogen) atoms. The first-order chi connectivity index (χ1) is 3.77. The normalized spacial score (nSPS) is 9.62. The maximum atomic E-state index is 5.18. The van der Waals surface area contributed by atoms with Gasteiger partial charge in [0.2, 0.25) is 0 Å².